The van der Waals surface area contributed by atoms with Crippen LogP contribution in [-0.4, -0.2) is 30.4 Å². The van der Waals surface area contributed by atoms with Crippen LogP contribution in [0, 0.1) is 5.92 Å². The molecule has 2 atom stereocenters. The van der Waals surface area contributed by atoms with Gasteiger partial charge in [0, 0.05) is 29.9 Å². The van der Waals surface area contributed by atoms with E-state index in [1.54, 1.807) is 32.2 Å². The Morgan fingerprint density at radius 3 is 2.77 bits per heavy atom. The number of hydrogen-bond acceptors (Lipinski definition) is 3. The minimum absolute atomic E-state index is 0.0861. The van der Waals surface area contributed by atoms with Crippen LogP contribution < -0.4 is 10.6 Å². The average molecular weight is 329 g/mol. The van der Waals surface area contributed by atoms with Gasteiger partial charge in [-0.25, -0.2) is 4.79 Å². The van der Waals surface area contributed by atoms with Gasteiger partial charge in [-0.2, -0.15) is 0 Å². The molecule has 0 bridgehead atoms. The molecule has 0 spiro atoms. The van der Waals surface area contributed by atoms with E-state index in [1.807, 2.05) is 13.8 Å². The summed E-state index contributed by atoms with van der Waals surface area (Å²) in [5, 5.41) is 16.3. The summed E-state index contributed by atoms with van der Waals surface area (Å²) < 4.78 is 5.10. The summed E-state index contributed by atoms with van der Waals surface area (Å²) >= 11 is 6.11. The first-order valence-electron chi connectivity index (χ1n) is 7.35. The monoisotopic (exact) mass is 328 g/mol. The molecule has 0 saturated heterocycles. The van der Waals surface area contributed by atoms with Gasteiger partial charge in [0.15, 0.2) is 0 Å². The fourth-order valence-corrected chi connectivity index (χ4v) is 2.24. The van der Waals surface area contributed by atoms with Crippen molar-refractivity contribution in [1.82, 2.24) is 5.32 Å². The number of hydrogen-bond donors (Lipinski definition) is 3. The largest absolute Gasteiger partial charge is 0.388 e. The van der Waals surface area contributed by atoms with Crippen LogP contribution in [0.1, 0.15) is 32.8 Å². The predicted octanol–water partition coefficient (Wildman–Crippen LogP) is 3.41. The fraction of sp³-hybridized carbons (Fsp3) is 0.562. The Labute approximate surface area is 137 Å². The molecule has 2 unspecified atom stereocenters. The summed E-state index contributed by atoms with van der Waals surface area (Å²) in [6, 6.07) is 4.87. The Morgan fingerprint density at radius 1 is 1.50 bits per heavy atom. The predicted molar refractivity (Wildman–Crippen MR) is 89.3 cm³/mol. The molecule has 0 fully saturated rings. The summed E-state index contributed by atoms with van der Waals surface area (Å²) in [5.74, 6) is 0.0861. The van der Waals surface area contributed by atoms with E-state index in [1.165, 1.54) is 0 Å². The maximum Gasteiger partial charge on any atom is 0.319 e. The van der Waals surface area contributed by atoms with Gasteiger partial charge in [-0.05, 0) is 25.0 Å². The van der Waals surface area contributed by atoms with Crippen molar-refractivity contribution >= 4 is 23.3 Å². The lowest BCUT2D eigenvalue weighted by molar-refractivity contribution is 0.00827. The van der Waals surface area contributed by atoms with E-state index < -0.39 is 5.60 Å². The summed E-state index contributed by atoms with van der Waals surface area (Å²) in [6.07, 6.45) is 0.836. The Kier molecular flexibility index (Phi) is 7.13. The number of anilines is 1. The van der Waals surface area contributed by atoms with E-state index in [9.17, 15) is 9.90 Å². The van der Waals surface area contributed by atoms with Gasteiger partial charge in [-0.15, -0.1) is 0 Å². The molecule has 0 aliphatic rings. The molecule has 0 aromatic heterocycles. The average Bonchev–Trinajstić information content (AvgIpc) is 2.48. The van der Waals surface area contributed by atoms with Crippen molar-refractivity contribution in [3.8, 4) is 0 Å². The minimum Gasteiger partial charge on any atom is -0.388 e. The Bertz CT molecular complexity index is 506. The topological polar surface area (TPSA) is 70.6 Å². The zero-order chi connectivity index (χ0) is 16.8. The smallest absolute Gasteiger partial charge is 0.319 e. The van der Waals surface area contributed by atoms with Crippen LogP contribution in [0.5, 0.6) is 0 Å². The van der Waals surface area contributed by atoms with Crippen LogP contribution in [0.4, 0.5) is 10.5 Å². The van der Waals surface area contributed by atoms with Crippen molar-refractivity contribution < 1.29 is 14.6 Å². The number of halogens is 1. The van der Waals surface area contributed by atoms with Crippen molar-refractivity contribution in [3.05, 3.63) is 28.8 Å². The van der Waals surface area contributed by atoms with E-state index in [-0.39, 0.29) is 18.5 Å². The van der Waals surface area contributed by atoms with Gasteiger partial charge < -0.3 is 20.5 Å². The highest BCUT2D eigenvalue weighted by molar-refractivity contribution is 6.31. The Balaban J connectivity index is 2.68. The first kappa shape index (κ1) is 18.7. The van der Waals surface area contributed by atoms with E-state index in [2.05, 4.69) is 10.6 Å². The zero-order valence-corrected chi connectivity index (χ0v) is 14.3. The summed E-state index contributed by atoms with van der Waals surface area (Å²) in [5.41, 5.74) is 0.362. The van der Waals surface area contributed by atoms with Gasteiger partial charge in [-0.3, -0.25) is 0 Å². The second-order valence-electron chi connectivity index (χ2n) is 5.67. The molecule has 6 heteroatoms. The minimum atomic E-state index is -0.949. The third-order valence-corrected chi connectivity index (χ3v) is 4.29. The normalized spacial score (nSPS) is 15.0. The number of amides is 2. The van der Waals surface area contributed by atoms with E-state index in [4.69, 9.17) is 16.3 Å². The summed E-state index contributed by atoms with van der Waals surface area (Å²) in [4.78, 5) is 12.0. The quantitative estimate of drug-likeness (QED) is 0.718. The molecule has 0 radical (unpaired) electrons. The van der Waals surface area contributed by atoms with Crippen LogP contribution in [0.25, 0.3) is 0 Å². The second kappa shape index (κ2) is 8.36. The highest BCUT2D eigenvalue weighted by Crippen LogP contribution is 2.25. The van der Waals surface area contributed by atoms with E-state index in [0.29, 0.717) is 17.3 Å². The number of ether oxygens (including phenoxy) is 1. The number of aliphatic hydroxyl groups is 1. The van der Waals surface area contributed by atoms with Crippen molar-refractivity contribution in [2.24, 2.45) is 5.92 Å². The van der Waals surface area contributed by atoms with Gasteiger partial charge in [-0.1, -0.05) is 37.9 Å². The number of benzene rings is 1. The molecule has 0 saturated carbocycles. The maximum absolute atomic E-state index is 12.0. The molecule has 0 aliphatic heterocycles. The highest BCUT2D eigenvalue weighted by atomic mass is 35.5. The van der Waals surface area contributed by atoms with Crippen molar-refractivity contribution in [1.29, 1.82) is 0 Å². The third kappa shape index (κ3) is 5.16. The molecule has 1 rings (SSSR count). The lowest BCUT2D eigenvalue weighted by Crippen LogP contribution is -2.46. The number of rotatable bonds is 7. The molecule has 22 heavy (non-hydrogen) atoms. The third-order valence-electron chi connectivity index (χ3n) is 3.94. The van der Waals surface area contributed by atoms with Crippen LogP contribution >= 0.6 is 11.6 Å². The van der Waals surface area contributed by atoms with Gasteiger partial charge in [0.25, 0.3) is 0 Å². The van der Waals surface area contributed by atoms with Crippen molar-refractivity contribution in [2.45, 2.75) is 39.4 Å². The van der Waals surface area contributed by atoms with Gasteiger partial charge in [0.2, 0.25) is 0 Å². The first-order chi connectivity index (χ1) is 10.3. The molecule has 1 aromatic rings. The first-order valence-corrected chi connectivity index (χ1v) is 7.73. The van der Waals surface area contributed by atoms with Crippen LogP contribution in [0.15, 0.2) is 18.2 Å². The van der Waals surface area contributed by atoms with Crippen LogP contribution in [-0.2, 0) is 11.3 Å². The molecule has 5 nitrogen and oxygen atoms in total. The number of nitrogens with one attached hydrogen (secondary N) is 2. The number of carbonyl (C=O) groups excluding carboxylic acids is 1. The SMILES string of the molecule is CCC(C)C(C)(O)CNC(=O)Nc1cccc(Cl)c1COC. The fourth-order valence-electron chi connectivity index (χ4n) is 2.01. The molecular weight excluding hydrogens is 304 g/mol. The molecular formula is C16H25ClN2O3. The highest BCUT2D eigenvalue weighted by Gasteiger charge is 2.27. The van der Waals surface area contributed by atoms with Crippen LogP contribution in [0.2, 0.25) is 5.02 Å². The number of urea groups is 1. The Hall–Kier alpha value is -1.30. The van der Waals surface area contributed by atoms with Gasteiger partial charge in [0.1, 0.15) is 0 Å². The van der Waals surface area contributed by atoms with E-state index in [0.717, 1.165) is 12.0 Å². The summed E-state index contributed by atoms with van der Waals surface area (Å²) in [6.45, 7) is 6.15. The molecule has 0 heterocycles. The van der Waals surface area contributed by atoms with Crippen LogP contribution in [0.3, 0.4) is 0 Å². The molecule has 124 valence electrons. The molecule has 3 N–H and O–H groups in total. The van der Waals surface area contributed by atoms with Crippen molar-refractivity contribution in [2.75, 3.05) is 19.0 Å². The lowest BCUT2D eigenvalue weighted by Gasteiger charge is -2.29. The molecule has 1 aromatic carbocycles. The maximum atomic E-state index is 12.0. The van der Waals surface area contributed by atoms with Gasteiger partial charge in [0.05, 0.1) is 12.2 Å². The number of methoxy groups -OCH3 is 1. The van der Waals surface area contributed by atoms with Crippen molar-refractivity contribution in [3.63, 3.8) is 0 Å². The Morgan fingerprint density at radius 2 is 2.18 bits per heavy atom. The lowest BCUT2D eigenvalue weighted by atomic mass is 9.89. The zero-order valence-electron chi connectivity index (χ0n) is 13.6. The second-order valence-corrected chi connectivity index (χ2v) is 6.08. The molecule has 2 amide bonds. The number of carbonyl (C=O) groups is 1. The van der Waals surface area contributed by atoms with E-state index >= 15 is 0 Å². The standard InChI is InChI=1S/C16H25ClN2O3/c1-5-11(2)16(3,21)10-18-15(20)19-14-8-6-7-13(17)12(14)9-22-4/h6-8,11,21H,5,9-10H2,1-4H3,(H2,18,19,20). The van der Waals surface area contributed by atoms with Gasteiger partial charge >= 0.3 is 6.03 Å². The summed E-state index contributed by atoms with van der Waals surface area (Å²) in [7, 11) is 1.57. The molecule has 0 aliphatic carbocycles.